The van der Waals surface area contributed by atoms with Crippen molar-refractivity contribution >= 4 is 0 Å². The number of rotatable bonds is 3. The van der Waals surface area contributed by atoms with E-state index in [1.165, 1.54) is 0 Å². The first-order chi connectivity index (χ1) is 10.8. The number of aryl methyl sites for hydroxylation is 1. The summed E-state index contributed by atoms with van der Waals surface area (Å²) in [7, 11) is 1.91. The molecule has 2 aromatic heterocycles. The summed E-state index contributed by atoms with van der Waals surface area (Å²) < 4.78 is 12.6. The Kier molecular flexibility index (Phi) is 3.23. The zero-order valence-corrected chi connectivity index (χ0v) is 12.3. The maximum absolute atomic E-state index is 5.37. The van der Waals surface area contributed by atoms with E-state index in [0.29, 0.717) is 24.0 Å². The van der Waals surface area contributed by atoms with Crippen LogP contribution in [0.3, 0.4) is 0 Å². The van der Waals surface area contributed by atoms with Crippen LogP contribution in [0, 0.1) is 0 Å². The van der Waals surface area contributed by atoms with E-state index < -0.39 is 0 Å². The van der Waals surface area contributed by atoms with Gasteiger partial charge in [0.2, 0.25) is 0 Å². The molecule has 0 amide bonds. The summed E-state index contributed by atoms with van der Waals surface area (Å²) in [5.74, 6) is 1.40. The smallest absolute Gasteiger partial charge is 0.278 e. The van der Waals surface area contributed by atoms with Crippen LogP contribution in [0.15, 0.2) is 40.9 Å². The first-order valence-electron chi connectivity index (χ1n) is 7.32. The number of aromatic nitrogens is 4. The normalized spacial score (nSPS) is 18.0. The van der Waals surface area contributed by atoms with Gasteiger partial charge in [0, 0.05) is 19.6 Å². The lowest BCUT2D eigenvalue weighted by Crippen LogP contribution is -1.99. The topological polar surface area (TPSA) is 66.0 Å². The molecule has 3 aromatic rings. The van der Waals surface area contributed by atoms with Crippen molar-refractivity contribution in [3.8, 4) is 22.8 Å². The molecule has 1 aliphatic rings. The van der Waals surface area contributed by atoms with Crippen molar-refractivity contribution in [1.29, 1.82) is 0 Å². The van der Waals surface area contributed by atoms with Crippen LogP contribution in [0.1, 0.15) is 18.2 Å². The van der Waals surface area contributed by atoms with Gasteiger partial charge in [-0.2, -0.15) is 10.1 Å². The highest BCUT2D eigenvalue weighted by atomic mass is 16.5. The Bertz CT molecular complexity index is 773. The highest BCUT2D eigenvalue weighted by Crippen LogP contribution is 2.27. The van der Waals surface area contributed by atoms with Crippen molar-refractivity contribution in [2.75, 3.05) is 13.2 Å². The van der Waals surface area contributed by atoms with Gasteiger partial charge < -0.3 is 9.26 Å². The van der Waals surface area contributed by atoms with E-state index >= 15 is 0 Å². The van der Waals surface area contributed by atoms with Crippen molar-refractivity contribution in [3.63, 3.8) is 0 Å². The molecule has 1 aromatic carbocycles. The molecule has 6 heteroatoms. The van der Waals surface area contributed by atoms with Crippen LogP contribution in [0.2, 0.25) is 0 Å². The van der Waals surface area contributed by atoms with Crippen LogP contribution < -0.4 is 0 Å². The Morgan fingerprint density at radius 2 is 2.09 bits per heavy atom. The Labute approximate surface area is 127 Å². The van der Waals surface area contributed by atoms with Gasteiger partial charge in [0.15, 0.2) is 11.5 Å². The Morgan fingerprint density at radius 3 is 2.86 bits per heavy atom. The molecule has 22 heavy (non-hydrogen) atoms. The zero-order valence-electron chi connectivity index (χ0n) is 12.3. The minimum absolute atomic E-state index is 0.231. The van der Waals surface area contributed by atoms with Gasteiger partial charge in [0.1, 0.15) is 0 Å². The van der Waals surface area contributed by atoms with Crippen LogP contribution in [0.5, 0.6) is 0 Å². The molecule has 4 rings (SSSR count). The van der Waals surface area contributed by atoms with Crippen molar-refractivity contribution < 1.29 is 9.26 Å². The minimum Gasteiger partial charge on any atom is -0.381 e. The lowest BCUT2D eigenvalue weighted by molar-refractivity contribution is 0.192. The molecular weight excluding hydrogens is 280 g/mol. The van der Waals surface area contributed by atoms with E-state index in [1.54, 1.807) is 0 Å². The summed E-state index contributed by atoms with van der Waals surface area (Å²) in [5.41, 5.74) is 2.81. The molecule has 1 saturated heterocycles. The number of hydrogen-bond acceptors (Lipinski definition) is 5. The molecule has 1 atom stereocenters. The summed E-state index contributed by atoms with van der Waals surface area (Å²) in [6.07, 6.45) is 0.941. The summed E-state index contributed by atoms with van der Waals surface area (Å²) in [6.45, 7) is 1.42. The molecule has 3 heterocycles. The Morgan fingerprint density at radius 1 is 1.23 bits per heavy atom. The van der Waals surface area contributed by atoms with Crippen molar-refractivity contribution in [2.45, 2.75) is 12.3 Å². The van der Waals surface area contributed by atoms with Gasteiger partial charge in [0.05, 0.1) is 12.3 Å². The minimum atomic E-state index is 0.231. The van der Waals surface area contributed by atoms with Gasteiger partial charge in [-0.3, -0.25) is 4.68 Å². The predicted octanol–water partition coefficient (Wildman–Crippen LogP) is 2.64. The number of ether oxygens (including phenoxy) is 1. The quantitative estimate of drug-likeness (QED) is 0.743. The third-order valence-corrected chi connectivity index (χ3v) is 3.91. The second kappa shape index (κ2) is 5.38. The Balaban J connectivity index is 1.66. The summed E-state index contributed by atoms with van der Waals surface area (Å²) in [5, 5.41) is 8.56. The fraction of sp³-hybridized carbons (Fsp3) is 0.312. The molecule has 1 aliphatic heterocycles. The zero-order chi connectivity index (χ0) is 14.9. The van der Waals surface area contributed by atoms with E-state index in [9.17, 15) is 0 Å². The fourth-order valence-corrected chi connectivity index (χ4v) is 2.69. The van der Waals surface area contributed by atoms with E-state index in [4.69, 9.17) is 9.26 Å². The van der Waals surface area contributed by atoms with Crippen LogP contribution in [-0.2, 0) is 11.8 Å². The van der Waals surface area contributed by atoms with Gasteiger partial charge in [-0.05, 0) is 18.1 Å². The average Bonchev–Trinajstić information content (AvgIpc) is 3.28. The molecule has 0 saturated carbocycles. The first-order valence-corrected chi connectivity index (χ1v) is 7.32. The monoisotopic (exact) mass is 296 g/mol. The van der Waals surface area contributed by atoms with Crippen LogP contribution in [-0.4, -0.2) is 33.1 Å². The van der Waals surface area contributed by atoms with Crippen molar-refractivity contribution in [1.82, 2.24) is 19.9 Å². The third kappa shape index (κ3) is 2.31. The molecule has 0 aliphatic carbocycles. The van der Waals surface area contributed by atoms with Crippen LogP contribution in [0.25, 0.3) is 22.8 Å². The lowest BCUT2D eigenvalue weighted by atomic mass is 10.1. The van der Waals surface area contributed by atoms with Crippen molar-refractivity contribution in [3.05, 3.63) is 42.2 Å². The lowest BCUT2D eigenvalue weighted by Gasteiger charge is -1.99. The van der Waals surface area contributed by atoms with E-state index in [2.05, 4.69) is 27.4 Å². The molecule has 6 nitrogen and oxygen atoms in total. The van der Waals surface area contributed by atoms with E-state index in [0.717, 1.165) is 24.3 Å². The van der Waals surface area contributed by atoms with Gasteiger partial charge in [0.25, 0.3) is 5.89 Å². The highest BCUT2D eigenvalue weighted by molar-refractivity contribution is 5.64. The summed E-state index contributed by atoms with van der Waals surface area (Å²) >= 11 is 0. The highest BCUT2D eigenvalue weighted by Gasteiger charge is 2.24. The summed E-state index contributed by atoms with van der Waals surface area (Å²) in [4.78, 5) is 4.48. The second-order valence-electron chi connectivity index (χ2n) is 5.42. The first kappa shape index (κ1) is 13.2. The second-order valence-corrected chi connectivity index (χ2v) is 5.42. The maximum atomic E-state index is 5.37. The molecule has 0 spiro atoms. The van der Waals surface area contributed by atoms with E-state index in [1.807, 2.05) is 36.0 Å². The molecule has 0 N–H and O–H groups in total. The fourth-order valence-electron chi connectivity index (χ4n) is 2.69. The standard InChI is InChI=1S/C16H16N4O2/c1-20-14(11-5-3-2-4-6-11)9-13(18-20)16-17-15(19-22-16)12-7-8-21-10-12/h2-6,9,12H,7-8,10H2,1H3/t12-/m1/s1. The number of nitrogens with zero attached hydrogens (tertiary/aromatic N) is 4. The van der Waals surface area contributed by atoms with Crippen LogP contribution >= 0.6 is 0 Å². The largest absolute Gasteiger partial charge is 0.381 e. The molecule has 1 fully saturated rings. The molecule has 112 valence electrons. The molecule has 0 unspecified atom stereocenters. The number of benzene rings is 1. The van der Waals surface area contributed by atoms with Gasteiger partial charge in [-0.15, -0.1) is 0 Å². The van der Waals surface area contributed by atoms with Crippen molar-refractivity contribution in [2.24, 2.45) is 7.05 Å². The number of hydrogen-bond donors (Lipinski definition) is 0. The molecule has 0 bridgehead atoms. The molecule has 0 radical (unpaired) electrons. The Hall–Kier alpha value is -2.47. The van der Waals surface area contributed by atoms with Gasteiger partial charge in [-0.25, -0.2) is 0 Å². The van der Waals surface area contributed by atoms with Gasteiger partial charge in [-0.1, -0.05) is 35.5 Å². The van der Waals surface area contributed by atoms with Crippen LogP contribution in [0.4, 0.5) is 0 Å². The average molecular weight is 296 g/mol. The SMILES string of the molecule is Cn1nc(-c2nc([C@@H]3CCOC3)no2)cc1-c1ccccc1. The molecular formula is C16H16N4O2. The van der Waals surface area contributed by atoms with E-state index in [-0.39, 0.29) is 5.92 Å². The maximum Gasteiger partial charge on any atom is 0.278 e. The van der Waals surface area contributed by atoms with Gasteiger partial charge >= 0.3 is 0 Å². The predicted molar refractivity (Wildman–Crippen MR) is 80.1 cm³/mol. The third-order valence-electron chi connectivity index (χ3n) is 3.91. The summed E-state index contributed by atoms with van der Waals surface area (Å²) in [6, 6.07) is 12.1.